The second kappa shape index (κ2) is 20.9. The van der Waals surface area contributed by atoms with Gasteiger partial charge in [-0.15, -0.1) is 0 Å². The minimum Gasteiger partial charge on any atom is -0.457 e. The molecule has 2 aliphatic carbocycles. The summed E-state index contributed by atoms with van der Waals surface area (Å²) < 4.78 is 13.3. The fraction of sp³-hybridized carbons (Fsp3) is 0.0222. The van der Waals surface area contributed by atoms with Crippen LogP contribution in [0.5, 0.6) is 23.0 Å². The molecule has 96 heavy (non-hydrogen) atoms. The van der Waals surface area contributed by atoms with Gasteiger partial charge in [-0.2, -0.15) is 0 Å². The second-order valence-electron chi connectivity index (χ2n) is 25.4. The standard InChI is InChI=1S/C90H54N4O2/c1-2-18-59(19-3-1)85-67-21-5-13-29-80(67)92-88(94-85)64-48-51-73-70(53-64)66-49-46-63(54-78(66)90(73)76-26-10-16-32-83(76)96-84-33-17-11-27-77(84)90)58-36-34-55(35-37-58)56-38-42-60(43-39-56)86-68-22-6-12-28-79(68)91-87(93-86)61-44-40-57(41-45-61)62-47-50-72-69(52-62)65-20-4-7-23-71(65)89(72)74-24-8-14-30-81(74)95-82-31-15-9-25-75(82)89/h1-54H. The number of fused-ring (bicyclic) bond motifs is 20. The van der Waals surface area contributed by atoms with Gasteiger partial charge in [0.2, 0.25) is 0 Å². The Morgan fingerprint density at radius 3 is 1.06 bits per heavy atom. The number of aromatic nitrogens is 4. The van der Waals surface area contributed by atoms with E-state index in [1.807, 2.05) is 12.1 Å². The van der Waals surface area contributed by atoms with Crippen molar-refractivity contribution >= 4 is 21.8 Å². The first-order chi connectivity index (χ1) is 47.5. The van der Waals surface area contributed by atoms with Crippen LogP contribution >= 0.6 is 0 Å². The van der Waals surface area contributed by atoms with Crippen LogP contribution < -0.4 is 9.47 Å². The van der Waals surface area contributed by atoms with Crippen LogP contribution in [0.25, 0.3) is 123 Å². The molecular formula is C90H54N4O2. The Kier molecular flexibility index (Phi) is 11.8. The predicted octanol–water partition coefficient (Wildman–Crippen LogP) is 22.2. The van der Waals surface area contributed by atoms with Crippen molar-refractivity contribution in [1.29, 1.82) is 0 Å². The molecule has 0 fully saturated rings. The van der Waals surface area contributed by atoms with E-state index < -0.39 is 10.8 Å². The summed E-state index contributed by atoms with van der Waals surface area (Å²) in [5.74, 6) is 4.86. The summed E-state index contributed by atoms with van der Waals surface area (Å²) in [5.41, 5.74) is 27.5. The molecule has 4 heterocycles. The molecule has 0 saturated carbocycles. The first-order valence-corrected chi connectivity index (χ1v) is 32.7. The topological polar surface area (TPSA) is 70.0 Å². The van der Waals surface area contributed by atoms with Crippen LogP contribution in [0.4, 0.5) is 0 Å². The highest BCUT2D eigenvalue weighted by Gasteiger charge is 2.53. The molecule has 4 aliphatic rings. The zero-order chi connectivity index (χ0) is 63.1. The van der Waals surface area contributed by atoms with Gasteiger partial charge in [-0.1, -0.05) is 273 Å². The van der Waals surface area contributed by atoms with Crippen molar-refractivity contribution in [3.05, 3.63) is 372 Å². The highest BCUT2D eigenvalue weighted by atomic mass is 16.5. The maximum Gasteiger partial charge on any atom is 0.160 e. The molecule has 2 aromatic heterocycles. The number of hydrogen-bond acceptors (Lipinski definition) is 6. The maximum atomic E-state index is 6.76. The first-order valence-electron chi connectivity index (χ1n) is 32.7. The van der Waals surface area contributed by atoms with Gasteiger partial charge in [-0.05, 0) is 132 Å². The number of benzene rings is 14. The van der Waals surface area contributed by atoms with E-state index in [2.05, 4.69) is 315 Å². The third kappa shape index (κ3) is 7.93. The Bertz CT molecular complexity index is 5810. The first kappa shape index (κ1) is 54.0. The average molecular weight is 1220 g/mol. The van der Waals surface area contributed by atoms with Crippen molar-refractivity contribution in [3.63, 3.8) is 0 Å². The lowest BCUT2D eigenvalue weighted by molar-refractivity contribution is 0.436. The van der Waals surface area contributed by atoms with E-state index in [1.54, 1.807) is 0 Å². The van der Waals surface area contributed by atoms with Crippen LogP contribution in [0.3, 0.4) is 0 Å². The third-order valence-electron chi connectivity index (χ3n) is 20.5. The lowest BCUT2D eigenvalue weighted by Crippen LogP contribution is -2.32. The van der Waals surface area contributed by atoms with Gasteiger partial charge in [0.15, 0.2) is 11.6 Å². The van der Waals surface area contributed by atoms with Gasteiger partial charge in [0.05, 0.1) is 33.3 Å². The zero-order valence-corrected chi connectivity index (χ0v) is 51.8. The predicted molar refractivity (Wildman–Crippen MR) is 385 cm³/mol. The molecule has 446 valence electrons. The monoisotopic (exact) mass is 1220 g/mol. The Morgan fingerprint density at radius 1 is 0.198 bits per heavy atom. The summed E-state index contributed by atoms with van der Waals surface area (Å²) in [6, 6.07) is 117. The van der Waals surface area contributed by atoms with Crippen molar-refractivity contribution < 1.29 is 9.47 Å². The summed E-state index contributed by atoms with van der Waals surface area (Å²) in [7, 11) is 0. The van der Waals surface area contributed by atoms with E-state index in [1.165, 1.54) is 38.9 Å². The van der Waals surface area contributed by atoms with E-state index in [9.17, 15) is 0 Å². The lowest BCUT2D eigenvalue weighted by atomic mass is 9.66. The zero-order valence-electron chi connectivity index (χ0n) is 51.8. The number of para-hydroxylation sites is 6. The van der Waals surface area contributed by atoms with Gasteiger partial charge >= 0.3 is 0 Å². The third-order valence-corrected chi connectivity index (χ3v) is 20.5. The van der Waals surface area contributed by atoms with E-state index in [-0.39, 0.29) is 0 Å². The van der Waals surface area contributed by atoms with Crippen LogP contribution in [0.1, 0.15) is 44.5 Å². The van der Waals surface area contributed by atoms with Gasteiger partial charge < -0.3 is 9.47 Å². The van der Waals surface area contributed by atoms with Crippen LogP contribution in [0.15, 0.2) is 328 Å². The molecule has 2 spiro atoms. The largest absolute Gasteiger partial charge is 0.457 e. The van der Waals surface area contributed by atoms with E-state index in [0.29, 0.717) is 11.6 Å². The minimum absolute atomic E-state index is 0.504. The minimum atomic E-state index is -0.663. The molecule has 14 aromatic carbocycles. The number of nitrogens with zero attached hydrogens (tertiary/aromatic N) is 4. The Labute approximate surface area is 554 Å². The summed E-state index contributed by atoms with van der Waals surface area (Å²) in [6.07, 6.45) is 0. The Morgan fingerprint density at radius 2 is 0.531 bits per heavy atom. The van der Waals surface area contributed by atoms with Crippen molar-refractivity contribution in [2.75, 3.05) is 0 Å². The number of ether oxygens (including phenoxy) is 2. The smallest absolute Gasteiger partial charge is 0.160 e. The molecule has 0 saturated heterocycles. The molecule has 0 bridgehead atoms. The fourth-order valence-electron chi connectivity index (χ4n) is 16.2. The van der Waals surface area contributed by atoms with Gasteiger partial charge in [-0.3, -0.25) is 0 Å². The number of rotatable bonds is 7. The van der Waals surface area contributed by atoms with Crippen LogP contribution in [0.2, 0.25) is 0 Å². The molecule has 0 radical (unpaired) electrons. The Balaban J connectivity index is 0.621. The van der Waals surface area contributed by atoms with E-state index >= 15 is 0 Å². The van der Waals surface area contributed by atoms with Crippen molar-refractivity contribution in [3.8, 4) is 124 Å². The van der Waals surface area contributed by atoms with Crippen molar-refractivity contribution in [2.24, 2.45) is 0 Å². The average Bonchev–Trinajstić information content (AvgIpc) is 1.50. The van der Waals surface area contributed by atoms with Gasteiger partial charge in [0, 0.05) is 55.3 Å². The second-order valence-corrected chi connectivity index (χ2v) is 25.4. The van der Waals surface area contributed by atoms with Crippen LogP contribution in [-0.2, 0) is 10.8 Å². The molecule has 6 heteroatoms. The quantitative estimate of drug-likeness (QED) is 0.158. The SMILES string of the molecule is c1ccc(-c2nc(-c3ccc4c(c3)-c3ccc(-c5ccc(-c6ccc(-c7nc(-c8ccc(-c9ccc%10c(c9)-c9ccccc9C%109c%10ccccc%10Oc%10ccccc%109)cc8)nc8ccccc78)cc6)cc5)cc3C43c4ccccc4Oc4ccccc43)nc3ccccc23)cc1. The van der Waals surface area contributed by atoms with Crippen LogP contribution in [0, 0.1) is 0 Å². The van der Waals surface area contributed by atoms with Gasteiger partial charge in [0.25, 0.3) is 0 Å². The molecule has 16 aromatic rings. The normalized spacial score (nSPS) is 13.5. The molecule has 2 aliphatic heterocycles. The highest BCUT2D eigenvalue weighted by Crippen LogP contribution is 2.64. The summed E-state index contributed by atoms with van der Waals surface area (Å²) in [4.78, 5) is 21.1. The lowest BCUT2D eigenvalue weighted by Gasteiger charge is -2.39. The van der Waals surface area contributed by atoms with Gasteiger partial charge in [0.1, 0.15) is 23.0 Å². The summed E-state index contributed by atoms with van der Waals surface area (Å²) >= 11 is 0. The molecule has 20 rings (SSSR count). The van der Waals surface area contributed by atoms with E-state index in [0.717, 1.165) is 140 Å². The summed E-state index contributed by atoms with van der Waals surface area (Å²) in [5, 5.41) is 2.03. The van der Waals surface area contributed by atoms with Gasteiger partial charge in [-0.25, -0.2) is 19.9 Å². The fourth-order valence-corrected chi connectivity index (χ4v) is 16.2. The molecule has 0 atom stereocenters. The maximum absolute atomic E-state index is 6.76. The highest BCUT2D eigenvalue weighted by molar-refractivity contribution is 5.98. The molecular weight excluding hydrogens is 1170 g/mol. The molecule has 0 amide bonds. The molecule has 6 nitrogen and oxygen atoms in total. The number of hydrogen-bond donors (Lipinski definition) is 0. The summed E-state index contributed by atoms with van der Waals surface area (Å²) in [6.45, 7) is 0. The van der Waals surface area contributed by atoms with Crippen molar-refractivity contribution in [2.45, 2.75) is 10.8 Å². The van der Waals surface area contributed by atoms with Crippen molar-refractivity contribution in [1.82, 2.24) is 19.9 Å². The Hall–Kier alpha value is -12.6. The van der Waals surface area contributed by atoms with E-state index in [4.69, 9.17) is 29.4 Å². The molecule has 0 unspecified atom stereocenters. The van der Waals surface area contributed by atoms with Crippen LogP contribution in [-0.4, -0.2) is 19.9 Å². The molecule has 0 N–H and O–H groups in total.